The van der Waals surface area contributed by atoms with E-state index >= 15 is 0 Å². The second-order valence-electron chi connectivity index (χ2n) is 4.60. The molecule has 1 atom stereocenters. The molecule has 3 rings (SSSR count). The molecule has 4 N–H and O–H groups in total. The van der Waals surface area contributed by atoms with Gasteiger partial charge in [-0.15, -0.1) is 36.2 Å². The summed E-state index contributed by atoms with van der Waals surface area (Å²) >= 11 is 1.51. The van der Waals surface area contributed by atoms with Crippen LogP contribution < -0.4 is 11.1 Å². The zero-order valence-electron chi connectivity index (χ0n) is 12.3. The van der Waals surface area contributed by atoms with Gasteiger partial charge in [-0.25, -0.2) is 4.98 Å². The lowest BCUT2D eigenvalue weighted by Crippen LogP contribution is -2.41. The van der Waals surface area contributed by atoms with Gasteiger partial charge >= 0.3 is 0 Å². The number of hydrogen-bond acceptors (Lipinski definition) is 7. The largest absolute Gasteiger partial charge is 0.348 e. The molecule has 0 bridgehead atoms. The highest BCUT2D eigenvalue weighted by Gasteiger charge is 2.16. The predicted molar refractivity (Wildman–Crippen MR) is 94.2 cm³/mol. The summed E-state index contributed by atoms with van der Waals surface area (Å²) in [5, 5.41) is 8.44. The summed E-state index contributed by atoms with van der Waals surface area (Å²) in [6.07, 6.45) is 3.57. The number of amides is 1. The van der Waals surface area contributed by atoms with Crippen molar-refractivity contribution in [2.75, 3.05) is 0 Å². The Morgan fingerprint density at radius 2 is 2.29 bits per heavy atom. The molecule has 8 nitrogen and oxygen atoms in total. The van der Waals surface area contributed by atoms with Crippen LogP contribution in [-0.4, -0.2) is 32.1 Å². The number of nitrogens with zero attached hydrogens (tertiary/aromatic N) is 3. The molecule has 0 radical (unpaired) electrons. The topological polar surface area (TPSA) is 123 Å². The van der Waals surface area contributed by atoms with Gasteiger partial charge in [-0.2, -0.15) is 4.98 Å². The molecule has 0 spiro atoms. The SMILES string of the molecule is Cl.Cl.N[C@@H](Cc1cnc[nH]1)C(=O)NCc1noc(-c2cccs2)n1. The highest BCUT2D eigenvalue weighted by atomic mass is 35.5. The number of rotatable bonds is 6. The number of hydrogen-bond donors (Lipinski definition) is 3. The lowest BCUT2D eigenvalue weighted by molar-refractivity contribution is -0.122. The molecule has 0 saturated heterocycles. The molecule has 0 fully saturated rings. The van der Waals surface area contributed by atoms with Crippen LogP contribution in [0, 0.1) is 0 Å². The molecule has 1 amide bonds. The number of nitrogens with one attached hydrogen (secondary N) is 2. The van der Waals surface area contributed by atoms with Crippen molar-refractivity contribution in [2.24, 2.45) is 5.73 Å². The number of aromatic nitrogens is 4. The molecule has 3 aromatic heterocycles. The van der Waals surface area contributed by atoms with E-state index in [2.05, 4.69) is 25.4 Å². The molecule has 0 aromatic carbocycles. The van der Waals surface area contributed by atoms with Crippen molar-refractivity contribution in [2.45, 2.75) is 19.0 Å². The van der Waals surface area contributed by atoms with Gasteiger partial charge in [0.2, 0.25) is 5.91 Å². The fourth-order valence-electron chi connectivity index (χ4n) is 1.85. The minimum atomic E-state index is -0.663. The minimum Gasteiger partial charge on any atom is -0.348 e. The number of thiophene rings is 1. The van der Waals surface area contributed by atoms with Crippen LogP contribution in [0.3, 0.4) is 0 Å². The number of H-pyrrole nitrogens is 1. The maximum Gasteiger partial charge on any atom is 0.268 e. The van der Waals surface area contributed by atoms with Crippen molar-refractivity contribution >= 4 is 42.1 Å². The Morgan fingerprint density at radius 3 is 2.96 bits per heavy atom. The van der Waals surface area contributed by atoms with Crippen LogP contribution in [-0.2, 0) is 17.8 Å². The Morgan fingerprint density at radius 1 is 1.46 bits per heavy atom. The van der Waals surface area contributed by atoms with Gasteiger partial charge in [-0.3, -0.25) is 4.79 Å². The molecule has 0 saturated carbocycles. The van der Waals surface area contributed by atoms with E-state index in [0.717, 1.165) is 10.6 Å². The first kappa shape index (κ1) is 20.1. The van der Waals surface area contributed by atoms with Crippen LogP contribution in [0.15, 0.2) is 34.6 Å². The van der Waals surface area contributed by atoms with Crippen LogP contribution in [0.25, 0.3) is 10.8 Å². The van der Waals surface area contributed by atoms with Gasteiger partial charge < -0.3 is 20.6 Å². The first-order valence-electron chi connectivity index (χ1n) is 6.59. The molecule has 130 valence electrons. The van der Waals surface area contributed by atoms with Gasteiger partial charge in [0.1, 0.15) is 0 Å². The molecule has 3 heterocycles. The second-order valence-corrected chi connectivity index (χ2v) is 5.55. The fourth-order valence-corrected chi connectivity index (χ4v) is 2.49. The molecule has 24 heavy (non-hydrogen) atoms. The summed E-state index contributed by atoms with van der Waals surface area (Å²) in [7, 11) is 0. The van der Waals surface area contributed by atoms with E-state index in [1.165, 1.54) is 11.3 Å². The van der Waals surface area contributed by atoms with Crippen molar-refractivity contribution in [1.82, 2.24) is 25.4 Å². The van der Waals surface area contributed by atoms with Crippen LogP contribution in [0.5, 0.6) is 0 Å². The van der Waals surface area contributed by atoms with E-state index < -0.39 is 6.04 Å². The van der Waals surface area contributed by atoms with Gasteiger partial charge in [-0.05, 0) is 11.4 Å². The molecule has 0 unspecified atom stereocenters. The average molecular weight is 391 g/mol. The first-order valence-corrected chi connectivity index (χ1v) is 7.47. The van der Waals surface area contributed by atoms with Crippen molar-refractivity contribution in [3.8, 4) is 10.8 Å². The molecule has 0 aliphatic heterocycles. The standard InChI is InChI=1S/C13H14N6O2S.2ClH/c14-9(4-8-5-15-7-17-8)12(20)16-6-11-18-13(21-19-11)10-2-1-3-22-10;;/h1-3,5,7,9H,4,6,14H2,(H,15,17)(H,16,20);2*1H/t9-;;/m0../s1. The quantitative estimate of drug-likeness (QED) is 0.586. The molecular formula is C13H16Cl2N6O2S. The van der Waals surface area contributed by atoms with Crippen LogP contribution >= 0.6 is 36.2 Å². The second kappa shape index (κ2) is 9.38. The summed E-state index contributed by atoms with van der Waals surface area (Å²) in [6, 6.07) is 3.13. The smallest absolute Gasteiger partial charge is 0.268 e. The zero-order valence-corrected chi connectivity index (χ0v) is 14.8. The maximum absolute atomic E-state index is 11.9. The van der Waals surface area contributed by atoms with Gasteiger partial charge in [0, 0.05) is 18.3 Å². The third kappa shape index (κ3) is 5.03. The molecular weight excluding hydrogens is 375 g/mol. The van der Waals surface area contributed by atoms with E-state index in [-0.39, 0.29) is 37.3 Å². The molecule has 11 heteroatoms. The van der Waals surface area contributed by atoms with E-state index in [1.807, 2.05) is 17.5 Å². The van der Waals surface area contributed by atoms with E-state index in [4.69, 9.17) is 10.3 Å². The maximum atomic E-state index is 11.9. The summed E-state index contributed by atoms with van der Waals surface area (Å²) < 4.78 is 5.14. The van der Waals surface area contributed by atoms with Crippen molar-refractivity contribution in [3.63, 3.8) is 0 Å². The fraction of sp³-hybridized carbons (Fsp3) is 0.231. The zero-order chi connectivity index (χ0) is 15.4. The Balaban J connectivity index is 0.00000144. The van der Waals surface area contributed by atoms with Crippen molar-refractivity contribution in [1.29, 1.82) is 0 Å². The number of carbonyl (C=O) groups excluding carboxylic acids is 1. The summed E-state index contributed by atoms with van der Waals surface area (Å²) in [6.45, 7) is 0.171. The summed E-state index contributed by atoms with van der Waals surface area (Å²) in [5.41, 5.74) is 6.64. The summed E-state index contributed by atoms with van der Waals surface area (Å²) in [5.74, 6) is 0.573. The monoisotopic (exact) mass is 390 g/mol. The predicted octanol–water partition coefficient (Wildman–Crippen LogP) is 1.55. The van der Waals surface area contributed by atoms with Crippen molar-refractivity contribution in [3.05, 3.63) is 41.6 Å². The molecule has 0 aliphatic rings. The average Bonchev–Trinajstić information content (AvgIpc) is 3.25. The van der Waals surface area contributed by atoms with Gasteiger partial charge in [0.05, 0.1) is 23.8 Å². The van der Waals surface area contributed by atoms with Gasteiger partial charge in [-0.1, -0.05) is 11.2 Å². The summed E-state index contributed by atoms with van der Waals surface area (Å²) in [4.78, 5) is 23.8. The number of aromatic amines is 1. The highest BCUT2D eigenvalue weighted by Crippen LogP contribution is 2.22. The lowest BCUT2D eigenvalue weighted by Gasteiger charge is -2.09. The van der Waals surface area contributed by atoms with E-state index in [0.29, 0.717) is 18.1 Å². The Bertz CT molecular complexity index is 732. The number of halogens is 2. The van der Waals surface area contributed by atoms with Crippen molar-refractivity contribution < 1.29 is 9.32 Å². The Kier molecular flexibility index (Phi) is 7.86. The van der Waals surface area contributed by atoms with E-state index in [1.54, 1.807) is 12.5 Å². The Hall–Kier alpha value is -1.94. The Labute approximate surface area is 154 Å². The molecule has 0 aliphatic carbocycles. The van der Waals surface area contributed by atoms with Gasteiger partial charge in [0.15, 0.2) is 5.82 Å². The third-order valence-electron chi connectivity index (χ3n) is 2.95. The van der Waals surface area contributed by atoms with Gasteiger partial charge in [0.25, 0.3) is 5.89 Å². The number of imidazole rings is 1. The lowest BCUT2D eigenvalue weighted by atomic mass is 10.1. The molecule has 3 aromatic rings. The van der Waals surface area contributed by atoms with Crippen LogP contribution in [0.2, 0.25) is 0 Å². The minimum absolute atomic E-state index is 0. The third-order valence-corrected chi connectivity index (χ3v) is 3.81. The normalized spacial score (nSPS) is 11.2. The van der Waals surface area contributed by atoms with E-state index in [9.17, 15) is 4.79 Å². The van der Waals surface area contributed by atoms with Crippen LogP contribution in [0.1, 0.15) is 11.5 Å². The number of carbonyl (C=O) groups is 1. The number of nitrogens with two attached hydrogens (primary N) is 1. The first-order chi connectivity index (χ1) is 10.7. The van der Waals surface area contributed by atoms with Crippen LogP contribution in [0.4, 0.5) is 0 Å². The highest BCUT2D eigenvalue weighted by molar-refractivity contribution is 7.13.